The molecule has 2 heterocycles. The Balaban J connectivity index is 1.72. The van der Waals surface area contributed by atoms with Gasteiger partial charge in [-0.2, -0.15) is 0 Å². The first-order valence-electron chi connectivity index (χ1n) is 8.32. The highest BCUT2D eigenvalue weighted by Crippen LogP contribution is 2.29. The lowest BCUT2D eigenvalue weighted by Crippen LogP contribution is -2.01. The molecule has 4 aromatic rings. The predicted octanol–water partition coefficient (Wildman–Crippen LogP) is 4.02. The van der Waals surface area contributed by atoms with Crippen LogP contribution >= 0.6 is 11.8 Å². The van der Waals surface area contributed by atoms with Crippen LogP contribution in [0, 0.1) is 5.82 Å². The summed E-state index contributed by atoms with van der Waals surface area (Å²) in [4.78, 5) is 11.6. The van der Waals surface area contributed by atoms with Gasteiger partial charge in [0.15, 0.2) is 16.7 Å². The minimum Gasteiger partial charge on any atom is -0.502 e. The van der Waals surface area contributed by atoms with Crippen molar-refractivity contribution in [1.29, 1.82) is 0 Å². The van der Waals surface area contributed by atoms with Crippen LogP contribution < -0.4 is 5.43 Å². The minimum atomic E-state index is -0.508. The molecule has 0 saturated carbocycles. The van der Waals surface area contributed by atoms with Gasteiger partial charge in [0.2, 0.25) is 5.43 Å². The molecule has 1 N–H and O–H groups in total. The van der Waals surface area contributed by atoms with E-state index in [2.05, 4.69) is 10.2 Å². The van der Waals surface area contributed by atoms with Crippen LogP contribution in [-0.4, -0.2) is 19.9 Å². The van der Waals surface area contributed by atoms with Crippen LogP contribution in [0.3, 0.4) is 0 Å². The van der Waals surface area contributed by atoms with Crippen LogP contribution in [0.5, 0.6) is 5.75 Å². The van der Waals surface area contributed by atoms with Crippen molar-refractivity contribution in [3.05, 3.63) is 88.7 Å². The monoisotopic (exact) mass is 395 g/mol. The minimum absolute atomic E-state index is 0.309. The first-order valence-corrected chi connectivity index (χ1v) is 9.30. The summed E-state index contributed by atoms with van der Waals surface area (Å²) in [6, 6.07) is 16.8. The smallest absolute Gasteiger partial charge is 0.226 e. The zero-order chi connectivity index (χ0) is 19.5. The molecule has 140 valence electrons. The summed E-state index contributed by atoms with van der Waals surface area (Å²) in [7, 11) is 0. The maximum Gasteiger partial charge on any atom is 0.226 e. The lowest BCUT2D eigenvalue weighted by Gasteiger charge is -2.10. The number of nitrogens with zero attached hydrogens (tertiary/aromatic N) is 3. The molecule has 0 fully saturated rings. The fraction of sp³-hybridized carbons (Fsp3) is 0.0500. The van der Waals surface area contributed by atoms with Crippen molar-refractivity contribution >= 4 is 11.8 Å². The number of aromatic nitrogens is 3. The van der Waals surface area contributed by atoms with Gasteiger partial charge in [-0.1, -0.05) is 42.1 Å². The third-order valence-corrected chi connectivity index (χ3v) is 4.91. The van der Waals surface area contributed by atoms with E-state index in [1.807, 2.05) is 34.9 Å². The largest absolute Gasteiger partial charge is 0.502 e. The van der Waals surface area contributed by atoms with Crippen LogP contribution in [-0.2, 0) is 5.75 Å². The molecule has 28 heavy (non-hydrogen) atoms. The van der Waals surface area contributed by atoms with Crippen LogP contribution in [0.4, 0.5) is 4.39 Å². The van der Waals surface area contributed by atoms with Gasteiger partial charge in [0.1, 0.15) is 17.8 Å². The fourth-order valence-electron chi connectivity index (χ4n) is 2.62. The first-order chi connectivity index (χ1) is 13.6. The molecular formula is C20H14FN3O3S. The van der Waals surface area contributed by atoms with Crippen molar-refractivity contribution in [3.8, 4) is 22.8 Å². The summed E-state index contributed by atoms with van der Waals surface area (Å²) in [5.41, 5.74) is 1.06. The number of aromatic hydroxyl groups is 1. The van der Waals surface area contributed by atoms with E-state index in [1.165, 1.54) is 30.0 Å². The van der Waals surface area contributed by atoms with Crippen molar-refractivity contribution < 1.29 is 13.9 Å². The Kier molecular flexibility index (Phi) is 4.94. The number of hydrogen-bond donors (Lipinski definition) is 1. The molecule has 0 aliphatic heterocycles. The molecule has 0 radical (unpaired) electrons. The molecule has 0 spiro atoms. The Morgan fingerprint density at radius 2 is 1.82 bits per heavy atom. The zero-order valence-electron chi connectivity index (χ0n) is 14.4. The van der Waals surface area contributed by atoms with E-state index in [4.69, 9.17) is 4.42 Å². The quantitative estimate of drug-likeness (QED) is 0.514. The predicted molar refractivity (Wildman–Crippen MR) is 103 cm³/mol. The average molecular weight is 395 g/mol. The van der Waals surface area contributed by atoms with E-state index in [0.717, 1.165) is 11.8 Å². The number of thioether (sulfide) groups is 1. The molecule has 2 aromatic carbocycles. The van der Waals surface area contributed by atoms with Crippen LogP contribution in [0.25, 0.3) is 17.1 Å². The number of rotatable bonds is 5. The Bertz CT molecular complexity index is 1160. The summed E-state index contributed by atoms with van der Waals surface area (Å²) in [5.74, 6) is 0.543. The molecule has 8 heteroatoms. The van der Waals surface area contributed by atoms with Crippen molar-refractivity contribution in [2.75, 3.05) is 0 Å². The fourth-order valence-corrected chi connectivity index (χ4v) is 3.46. The number of halogens is 1. The summed E-state index contributed by atoms with van der Waals surface area (Å²) >= 11 is 1.31. The topological polar surface area (TPSA) is 81.2 Å². The second-order valence-electron chi connectivity index (χ2n) is 5.87. The normalized spacial score (nSPS) is 10.9. The van der Waals surface area contributed by atoms with Crippen molar-refractivity contribution in [3.63, 3.8) is 0 Å². The summed E-state index contributed by atoms with van der Waals surface area (Å²) in [6.07, 6.45) is 1.01. The highest BCUT2D eigenvalue weighted by Gasteiger charge is 2.17. The molecule has 0 saturated heterocycles. The molecule has 6 nitrogen and oxygen atoms in total. The van der Waals surface area contributed by atoms with E-state index in [9.17, 15) is 14.3 Å². The highest BCUT2D eigenvalue weighted by atomic mass is 32.2. The molecule has 0 bridgehead atoms. The average Bonchev–Trinajstić information content (AvgIpc) is 3.14. The third-order valence-electron chi connectivity index (χ3n) is 3.96. The molecule has 0 unspecified atom stereocenters. The molecule has 4 rings (SSSR count). The van der Waals surface area contributed by atoms with Crippen molar-refractivity contribution in [2.24, 2.45) is 0 Å². The summed E-state index contributed by atoms with van der Waals surface area (Å²) in [5, 5.41) is 18.4. The lowest BCUT2D eigenvalue weighted by molar-refractivity contribution is 0.419. The second-order valence-corrected chi connectivity index (χ2v) is 6.81. The highest BCUT2D eigenvalue weighted by molar-refractivity contribution is 7.98. The standard InChI is InChI=1S/C20H14FN3O3S/c21-14-6-8-15(9-7-14)24-19(13-4-2-1-3-5-13)22-23-20(24)28-12-16-10-17(25)18(26)11-27-16/h1-11,26H,12H2. The second kappa shape index (κ2) is 7.69. The maximum absolute atomic E-state index is 13.4. The van der Waals surface area contributed by atoms with Crippen LogP contribution in [0.2, 0.25) is 0 Å². The molecule has 0 atom stereocenters. The number of benzene rings is 2. The van der Waals surface area contributed by atoms with Gasteiger partial charge >= 0.3 is 0 Å². The van der Waals surface area contributed by atoms with E-state index in [0.29, 0.717) is 28.2 Å². The van der Waals surface area contributed by atoms with Gasteiger partial charge in [-0.25, -0.2) is 4.39 Å². The van der Waals surface area contributed by atoms with Crippen LogP contribution in [0.15, 0.2) is 81.3 Å². The Morgan fingerprint density at radius 3 is 2.54 bits per heavy atom. The van der Waals surface area contributed by atoms with Gasteiger partial charge in [-0.15, -0.1) is 10.2 Å². The number of hydrogen-bond acceptors (Lipinski definition) is 6. The summed E-state index contributed by atoms with van der Waals surface area (Å²) in [6.45, 7) is 0. The van der Waals surface area contributed by atoms with Gasteiger partial charge in [-0.05, 0) is 24.3 Å². The third kappa shape index (κ3) is 3.67. The van der Waals surface area contributed by atoms with E-state index < -0.39 is 11.2 Å². The maximum atomic E-state index is 13.4. The van der Waals surface area contributed by atoms with Gasteiger partial charge in [0.25, 0.3) is 0 Å². The SMILES string of the molecule is O=c1cc(CSc2nnc(-c3ccccc3)n2-c2ccc(F)cc2)occ1O. The van der Waals surface area contributed by atoms with Crippen molar-refractivity contribution in [2.45, 2.75) is 10.9 Å². The van der Waals surface area contributed by atoms with E-state index in [1.54, 1.807) is 12.1 Å². The lowest BCUT2D eigenvalue weighted by atomic mass is 10.2. The molecular weight excluding hydrogens is 381 g/mol. The van der Waals surface area contributed by atoms with Gasteiger partial charge in [0, 0.05) is 17.3 Å². The van der Waals surface area contributed by atoms with Gasteiger partial charge in [0.05, 0.1) is 5.75 Å². The Labute approximate surface area is 163 Å². The molecule has 2 aromatic heterocycles. The molecule has 0 aliphatic carbocycles. The van der Waals surface area contributed by atoms with E-state index >= 15 is 0 Å². The van der Waals surface area contributed by atoms with Crippen molar-refractivity contribution in [1.82, 2.24) is 14.8 Å². The van der Waals surface area contributed by atoms with Crippen LogP contribution in [0.1, 0.15) is 5.76 Å². The first kappa shape index (κ1) is 18.0. The van der Waals surface area contributed by atoms with Gasteiger partial charge in [-0.3, -0.25) is 9.36 Å². The molecule has 0 amide bonds. The zero-order valence-corrected chi connectivity index (χ0v) is 15.3. The van der Waals surface area contributed by atoms with Gasteiger partial charge < -0.3 is 9.52 Å². The molecule has 0 aliphatic rings. The Morgan fingerprint density at radius 1 is 1.07 bits per heavy atom. The Hall–Kier alpha value is -3.39. The summed E-state index contributed by atoms with van der Waals surface area (Å²) < 4.78 is 20.4. The van der Waals surface area contributed by atoms with E-state index in [-0.39, 0.29) is 5.82 Å².